The van der Waals surface area contributed by atoms with Crippen molar-refractivity contribution in [3.05, 3.63) is 113 Å². The lowest BCUT2D eigenvalue weighted by Gasteiger charge is -2.26. The van der Waals surface area contributed by atoms with Crippen LogP contribution in [0.2, 0.25) is 0 Å². The van der Waals surface area contributed by atoms with Gasteiger partial charge in [0.05, 0.1) is 17.0 Å². The van der Waals surface area contributed by atoms with Crippen molar-refractivity contribution in [2.45, 2.75) is 31.7 Å². The molecule has 4 aromatic rings. The van der Waals surface area contributed by atoms with E-state index >= 15 is 0 Å². The number of fused-ring (bicyclic) bond motifs is 2. The molecule has 1 unspecified atom stereocenters. The molecule has 1 amide bonds. The molecule has 0 saturated carbocycles. The second kappa shape index (κ2) is 8.51. The van der Waals surface area contributed by atoms with Gasteiger partial charge in [-0.25, -0.2) is 0 Å². The van der Waals surface area contributed by atoms with Crippen molar-refractivity contribution in [1.82, 2.24) is 4.98 Å². The maximum absolute atomic E-state index is 13.5. The average molecular weight is 461 g/mol. The Kier molecular flexibility index (Phi) is 5.18. The minimum atomic E-state index is -0.835. The van der Waals surface area contributed by atoms with Gasteiger partial charge >= 0.3 is 0 Å². The van der Waals surface area contributed by atoms with Crippen molar-refractivity contribution in [2.75, 3.05) is 4.90 Å². The van der Waals surface area contributed by atoms with Crippen LogP contribution in [0.25, 0.3) is 16.5 Å². The smallest absolute Gasteiger partial charge is 0.300 e. The Morgan fingerprint density at radius 3 is 2.46 bits per heavy atom. The van der Waals surface area contributed by atoms with E-state index in [1.807, 2.05) is 66.7 Å². The monoisotopic (exact) mass is 460 g/mol. The number of nitrogens with zero attached hydrogens (tertiary/aromatic N) is 2. The molecule has 3 aromatic carbocycles. The van der Waals surface area contributed by atoms with Crippen LogP contribution in [0.15, 0.2) is 90.6 Å². The lowest BCUT2D eigenvalue weighted by Crippen LogP contribution is -2.30. The van der Waals surface area contributed by atoms with Crippen LogP contribution in [0, 0.1) is 0 Å². The topological polar surface area (TPSA) is 70.5 Å². The van der Waals surface area contributed by atoms with Crippen LogP contribution in [0.5, 0.6) is 0 Å². The third kappa shape index (κ3) is 3.51. The zero-order valence-electron chi connectivity index (χ0n) is 19.1. The molecular formula is C30H24N2O3. The molecule has 1 aliphatic heterocycles. The SMILES string of the molecule is O=C1C(=O)N(c2cccc3ccccc23)C(c2ccccn2)/C1=C(\O)c1ccc2c(c1)CCCC2. The van der Waals surface area contributed by atoms with Gasteiger partial charge in [0.2, 0.25) is 0 Å². The first-order valence-corrected chi connectivity index (χ1v) is 12.0. The highest BCUT2D eigenvalue weighted by Gasteiger charge is 2.48. The second-order valence-corrected chi connectivity index (χ2v) is 9.11. The molecule has 35 heavy (non-hydrogen) atoms. The largest absolute Gasteiger partial charge is 0.507 e. The molecule has 0 radical (unpaired) electrons. The number of aromatic nitrogens is 1. The minimum Gasteiger partial charge on any atom is -0.507 e. The fraction of sp³-hybridized carbons (Fsp3) is 0.167. The van der Waals surface area contributed by atoms with Crippen molar-refractivity contribution < 1.29 is 14.7 Å². The van der Waals surface area contributed by atoms with E-state index in [0.717, 1.165) is 36.5 Å². The van der Waals surface area contributed by atoms with Gasteiger partial charge < -0.3 is 5.11 Å². The Balaban J connectivity index is 1.57. The molecule has 0 spiro atoms. The molecule has 172 valence electrons. The van der Waals surface area contributed by atoms with Gasteiger partial charge in [-0.2, -0.15) is 0 Å². The summed E-state index contributed by atoms with van der Waals surface area (Å²) in [5, 5.41) is 13.3. The molecule has 1 fully saturated rings. The highest BCUT2D eigenvalue weighted by atomic mass is 16.3. The number of aliphatic hydroxyl groups excluding tert-OH is 1. The second-order valence-electron chi connectivity index (χ2n) is 9.11. The lowest BCUT2D eigenvalue weighted by atomic mass is 9.89. The van der Waals surface area contributed by atoms with Crippen LogP contribution in [0.1, 0.15) is 41.3 Å². The molecule has 1 aliphatic carbocycles. The normalized spacial score (nSPS) is 19.2. The lowest BCUT2D eigenvalue weighted by molar-refractivity contribution is -0.132. The van der Waals surface area contributed by atoms with Gasteiger partial charge in [-0.05, 0) is 66.5 Å². The van der Waals surface area contributed by atoms with Crippen LogP contribution >= 0.6 is 0 Å². The summed E-state index contributed by atoms with van der Waals surface area (Å²) >= 11 is 0. The molecule has 2 aliphatic rings. The van der Waals surface area contributed by atoms with Gasteiger partial charge in [0.15, 0.2) is 0 Å². The standard InChI is InChI=1S/C30H24N2O3/c33-28(22-16-15-19-8-1-2-10-21(19)18-22)26-27(24-13-5-6-17-31-24)32(30(35)29(26)34)25-14-7-11-20-9-3-4-12-23(20)25/h3-7,9,11-18,27,33H,1-2,8,10H2/b28-26+. The molecule has 5 nitrogen and oxygen atoms in total. The number of pyridine rings is 1. The highest BCUT2D eigenvalue weighted by molar-refractivity contribution is 6.52. The molecular weight excluding hydrogens is 436 g/mol. The number of anilines is 1. The van der Waals surface area contributed by atoms with Crippen LogP contribution in [0.3, 0.4) is 0 Å². The fourth-order valence-corrected chi connectivity index (χ4v) is 5.35. The summed E-state index contributed by atoms with van der Waals surface area (Å²) < 4.78 is 0. The van der Waals surface area contributed by atoms with E-state index in [-0.39, 0.29) is 11.3 Å². The zero-order valence-corrected chi connectivity index (χ0v) is 19.1. The maximum Gasteiger partial charge on any atom is 0.300 e. The Morgan fingerprint density at radius 1 is 0.857 bits per heavy atom. The summed E-state index contributed by atoms with van der Waals surface area (Å²) in [5.41, 5.74) is 4.24. The Labute approximate surface area is 203 Å². The first kappa shape index (κ1) is 21.3. The number of carbonyl (C=O) groups is 2. The van der Waals surface area contributed by atoms with E-state index in [2.05, 4.69) is 4.98 Å². The molecule has 1 aromatic heterocycles. The quantitative estimate of drug-likeness (QED) is 0.240. The zero-order chi connectivity index (χ0) is 23.9. The summed E-state index contributed by atoms with van der Waals surface area (Å²) in [6, 6.07) is 23.8. The fourth-order valence-electron chi connectivity index (χ4n) is 5.35. The van der Waals surface area contributed by atoms with Crippen molar-refractivity contribution in [1.29, 1.82) is 0 Å². The van der Waals surface area contributed by atoms with Gasteiger partial charge in [-0.1, -0.05) is 54.6 Å². The third-order valence-electron chi connectivity index (χ3n) is 7.06. The highest BCUT2D eigenvalue weighted by Crippen LogP contribution is 2.43. The Hall–Kier alpha value is -4.25. The van der Waals surface area contributed by atoms with Crippen molar-refractivity contribution in [3.8, 4) is 0 Å². The van der Waals surface area contributed by atoms with Crippen molar-refractivity contribution >= 4 is 33.9 Å². The summed E-state index contributed by atoms with van der Waals surface area (Å²) in [4.78, 5) is 33.0. The van der Waals surface area contributed by atoms with Crippen molar-refractivity contribution in [2.24, 2.45) is 0 Å². The van der Waals surface area contributed by atoms with Crippen LogP contribution in [-0.4, -0.2) is 21.8 Å². The molecule has 1 saturated heterocycles. The van der Waals surface area contributed by atoms with Gasteiger partial charge in [-0.15, -0.1) is 0 Å². The van der Waals surface area contributed by atoms with Crippen LogP contribution in [0.4, 0.5) is 5.69 Å². The Morgan fingerprint density at radius 2 is 1.63 bits per heavy atom. The number of amides is 1. The maximum atomic E-state index is 13.5. The molecule has 1 atom stereocenters. The molecule has 6 rings (SSSR count). The number of aryl methyl sites for hydroxylation is 2. The number of benzene rings is 3. The number of hydrogen-bond acceptors (Lipinski definition) is 4. The first-order chi connectivity index (χ1) is 17.1. The van der Waals surface area contributed by atoms with Gasteiger partial charge in [0.1, 0.15) is 11.8 Å². The predicted octanol–water partition coefficient (Wildman–Crippen LogP) is 5.74. The van der Waals surface area contributed by atoms with Crippen molar-refractivity contribution in [3.63, 3.8) is 0 Å². The van der Waals surface area contributed by atoms with Gasteiger partial charge in [0.25, 0.3) is 11.7 Å². The van der Waals surface area contributed by atoms with Crippen LogP contribution < -0.4 is 4.90 Å². The molecule has 1 N–H and O–H groups in total. The van der Waals surface area contributed by atoms with E-state index in [1.54, 1.807) is 18.3 Å². The number of aliphatic hydroxyl groups is 1. The number of ketones is 1. The number of carbonyl (C=O) groups excluding carboxylic acids is 2. The summed E-state index contributed by atoms with van der Waals surface area (Å²) in [7, 11) is 0. The predicted molar refractivity (Wildman–Crippen MR) is 136 cm³/mol. The third-order valence-corrected chi connectivity index (χ3v) is 7.06. The molecule has 2 heterocycles. The average Bonchev–Trinajstić information content (AvgIpc) is 3.18. The van der Waals surface area contributed by atoms with E-state index in [0.29, 0.717) is 16.9 Å². The first-order valence-electron chi connectivity index (χ1n) is 12.0. The molecule has 5 heteroatoms. The van der Waals surface area contributed by atoms with E-state index < -0.39 is 17.7 Å². The van der Waals surface area contributed by atoms with E-state index in [1.165, 1.54) is 16.0 Å². The number of hydrogen-bond donors (Lipinski definition) is 1. The minimum absolute atomic E-state index is 0.0670. The summed E-state index contributed by atoms with van der Waals surface area (Å²) in [6.45, 7) is 0. The van der Waals surface area contributed by atoms with E-state index in [4.69, 9.17) is 0 Å². The molecule has 0 bridgehead atoms. The number of Topliss-reactive ketones (excluding diaryl/α,β-unsaturated/α-hetero) is 1. The summed E-state index contributed by atoms with van der Waals surface area (Å²) in [5.74, 6) is -1.53. The Bertz CT molecular complexity index is 1500. The van der Waals surface area contributed by atoms with Gasteiger partial charge in [-0.3, -0.25) is 19.5 Å². The van der Waals surface area contributed by atoms with Gasteiger partial charge in [0, 0.05) is 17.1 Å². The van der Waals surface area contributed by atoms with Crippen LogP contribution in [-0.2, 0) is 22.4 Å². The van der Waals surface area contributed by atoms with E-state index in [9.17, 15) is 14.7 Å². The summed E-state index contributed by atoms with van der Waals surface area (Å²) in [6.07, 6.45) is 5.88. The number of rotatable bonds is 3.